The minimum atomic E-state index is 0. The number of halogens is 1. The Morgan fingerprint density at radius 1 is 1.12 bits per heavy atom. The molecule has 0 radical (unpaired) electrons. The van der Waals surface area contributed by atoms with Crippen molar-refractivity contribution in [2.75, 3.05) is 51.7 Å². The highest BCUT2D eigenvalue weighted by molar-refractivity contribution is 8.93. The second-order valence-corrected chi connectivity index (χ2v) is 5.99. The maximum atomic E-state index is 5.43. The first kappa shape index (κ1) is 15.7. The van der Waals surface area contributed by atoms with E-state index >= 15 is 0 Å². The molecule has 2 saturated heterocycles. The maximum absolute atomic E-state index is 5.43. The first-order valence-electron chi connectivity index (χ1n) is 6.08. The molecule has 0 N–H and O–H groups in total. The van der Waals surface area contributed by atoms with Crippen molar-refractivity contribution in [2.45, 2.75) is 12.8 Å². The van der Waals surface area contributed by atoms with Crippen LogP contribution in [0.5, 0.6) is 0 Å². The van der Waals surface area contributed by atoms with E-state index in [1.165, 1.54) is 25.9 Å². The van der Waals surface area contributed by atoms with Gasteiger partial charge >= 0.3 is 0 Å². The summed E-state index contributed by atoms with van der Waals surface area (Å²) in [5.74, 6) is 1.12. The van der Waals surface area contributed by atoms with Crippen molar-refractivity contribution in [2.24, 2.45) is 0 Å². The Balaban J connectivity index is 0.00000144. The van der Waals surface area contributed by atoms with Crippen molar-refractivity contribution in [1.29, 1.82) is 0 Å². The monoisotopic (exact) mass is 340 g/mol. The van der Waals surface area contributed by atoms with E-state index in [1.807, 2.05) is 11.8 Å². The highest BCUT2D eigenvalue weighted by atomic mass is 79.9. The minimum absolute atomic E-state index is 0. The van der Waals surface area contributed by atoms with Crippen molar-refractivity contribution in [1.82, 2.24) is 9.80 Å². The van der Waals surface area contributed by atoms with E-state index < -0.39 is 0 Å². The quantitative estimate of drug-likeness (QED) is 0.728. The summed E-state index contributed by atoms with van der Waals surface area (Å²) in [4.78, 5) is 4.81. The first-order valence-corrected chi connectivity index (χ1v) is 7.47. The summed E-state index contributed by atoms with van der Waals surface area (Å²) in [6.07, 6.45) is 2.62. The molecule has 0 spiro atoms. The van der Waals surface area contributed by atoms with Gasteiger partial charge in [0, 0.05) is 38.5 Å². The highest BCUT2D eigenvalue weighted by Gasteiger charge is 2.15. The van der Waals surface area contributed by atoms with Gasteiger partial charge in [-0.2, -0.15) is 0 Å². The van der Waals surface area contributed by atoms with E-state index in [1.54, 1.807) is 0 Å². The Morgan fingerprint density at radius 2 is 1.76 bits per heavy atom. The number of thiocarbonyl (C=S) groups is 1. The molecule has 0 saturated carbocycles. The Hall–Kier alpha value is 0.640. The number of hydrogen-bond donors (Lipinski definition) is 0. The van der Waals surface area contributed by atoms with E-state index in [0.29, 0.717) is 0 Å². The van der Waals surface area contributed by atoms with E-state index in [9.17, 15) is 0 Å². The van der Waals surface area contributed by atoms with E-state index in [4.69, 9.17) is 17.0 Å². The van der Waals surface area contributed by atoms with Crippen molar-refractivity contribution in [3.63, 3.8) is 0 Å². The van der Waals surface area contributed by atoms with Gasteiger partial charge in [0.25, 0.3) is 0 Å². The molecule has 0 unspecified atom stereocenters. The zero-order chi connectivity index (χ0) is 11.2. The van der Waals surface area contributed by atoms with Crippen molar-refractivity contribution in [3.05, 3.63) is 0 Å². The van der Waals surface area contributed by atoms with Gasteiger partial charge < -0.3 is 9.64 Å². The molecule has 0 aromatic carbocycles. The number of rotatable bonds is 3. The highest BCUT2D eigenvalue weighted by Crippen LogP contribution is 2.16. The SMILES string of the molecule is Br.S=C(SCCN1CCOCC1)N1CCCC1. The molecule has 0 aromatic rings. The molecular formula is C11H21BrN2OS2. The molecule has 0 atom stereocenters. The summed E-state index contributed by atoms with van der Waals surface area (Å²) in [5.41, 5.74) is 0. The van der Waals surface area contributed by atoms with E-state index in [-0.39, 0.29) is 17.0 Å². The predicted octanol–water partition coefficient (Wildman–Crippen LogP) is 2.01. The standard InChI is InChI=1S/C11H20N2OS2.BrH/c15-11(13-3-1-2-4-13)16-10-7-12-5-8-14-9-6-12;/h1-10H2;1H. The largest absolute Gasteiger partial charge is 0.379 e. The summed E-state index contributed by atoms with van der Waals surface area (Å²) < 4.78 is 6.43. The van der Waals surface area contributed by atoms with E-state index in [2.05, 4.69) is 9.80 Å². The van der Waals surface area contributed by atoms with Crippen LogP contribution in [-0.2, 0) is 4.74 Å². The lowest BCUT2D eigenvalue weighted by atomic mass is 10.4. The molecule has 2 heterocycles. The zero-order valence-electron chi connectivity index (χ0n) is 10.1. The summed E-state index contributed by atoms with van der Waals surface area (Å²) in [6.45, 7) is 7.42. The Kier molecular flexibility index (Phi) is 8.03. The fourth-order valence-electron chi connectivity index (χ4n) is 2.08. The van der Waals surface area contributed by atoms with Crippen LogP contribution < -0.4 is 0 Å². The third-order valence-corrected chi connectivity index (χ3v) is 4.60. The number of ether oxygens (including phenoxy) is 1. The summed E-state index contributed by atoms with van der Waals surface area (Å²) in [5, 5.41) is 0. The number of thioether (sulfide) groups is 1. The van der Waals surface area contributed by atoms with Crippen LogP contribution in [0.4, 0.5) is 0 Å². The number of likely N-dealkylation sites (tertiary alicyclic amines) is 1. The smallest absolute Gasteiger partial charge is 0.136 e. The fourth-order valence-corrected chi connectivity index (χ4v) is 3.40. The van der Waals surface area contributed by atoms with Gasteiger partial charge in [-0.25, -0.2) is 0 Å². The first-order chi connectivity index (χ1) is 7.86. The topological polar surface area (TPSA) is 15.7 Å². The van der Waals surface area contributed by atoms with Crippen LogP contribution in [0.1, 0.15) is 12.8 Å². The van der Waals surface area contributed by atoms with Gasteiger partial charge in [-0.3, -0.25) is 4.90 Å². The van der Waals surface area contributed by atoms with Gasteiger partial charge in [0.15, 0.2) is 0 Å². The molecule has 0 bridgehead atoms. The van der Waals surface area contributed by atoms with Crippen LogP contribution >= 0.6 is 41.0 Å². The van der Waals surface area contributed by atoms with Gasteiger partial charge in [0.1, 0.15) is 4.32 Å². The minimum Gasteiger partial charge on any atom is -0.379 e. The molecule has 0 amide bonds. The molecule has 2 rings (SSSR count). The van der Waals surface area contributed by atoms with Gasteiger partial charge in [-0.15, -0.1) is 17.0 Å². The Morgan fingerprint density at radius 3 is 2.41 bits per heavy atom. The lowest BCUT2D eigenvalue weighted by Crippen LogP contribution is -2.38. The summed E-state index contributed by atoms with van der Waals surface area (Å²) in [7, 11) is 0. The van der Waals surface area contributed by atoms with Crippen molar-refractivity contribution >= 4 is 45.3 Å². The lowest BCUT2D eigenvalue weighted by molar-refractivity contribution is 0.0410. The van der Waals surface area contributed by atoms with Gasteiger partial charge in [-0.1, -0.05) is 24.0 Å². The second-order valence-electron chi connectivity index (χ2n) is 4.26. The van der Waals surface area contributed by atoms with Crippen LogP contribution in [0.15, 0.2) is 0 Å². The Labute approximate surface area is 124 Å². The molecule has 0 aromatic heterocycles. The third kappa shape index (κ3) is 5.42. The molecular weight excluding hydrogens is 320 g/mol. The predicted molar refractivity (Wildman–Crippen MR) is 83.4 cm³/mol. The van der Waals surface area contributed by atoms with Crippen LogP contribution in [0.25, 0.3) is 0 Å². The molecule has 3 nitrogen and oxygen atoms in total. The fraction of sp³-hybridized carbons (Fsp3) is 0.909. The number of hydrogen-bond acceptors (Lipinski definition) is 4. The Bertz CT molecular complexity index is 232. The van der Waals surface area contributed by atoms with Crippen LogP contribution in [0, 0.1) is 0 Å². The van der Waals surface area contributed by atoms with Crippen LogP contribution in [0.2, 0.25) is 0 Å². The average molecular weight is 341 g/mol. The maximum Gasteiger partial charge on any atom is 0.136 e. The van der Waals surface area contributed by atoms with Crippen LogP contribution in [0.3, 0.4) is 0 Å². The van der Waals surface area contributed by atoms with Crippen molar-refractivity contribution < 1.29 is 4.74 Å². The van der Waals surface area contributed by atoms with Gasteiger partial charge in [-0.05, 0) is 12.8 Å². The molecule has 2 fully saturated rings. The van der Waals surface area contributed by atoms with Gasteiger partial charge in [0.2, 0.25) is 0 Å². The average Bonchev–Trinajstić information content (AvgIpc) is 2.84. The summed E-state index contributed by atoms with van der Waals surface area (Å²) >= 11 is 7.27. The normalized spacial score (nSPS) is 21.3. The van der Waals surface area contributed by atoms with Gasteiger partial charge in [0.05, 0.1) is 13.2 Å². The molecule has 2 aliphatic rings. The molecule has 6 heteroatoms. The number of morpholine rings is 1. The third-order valence-electron chi connectivity index (χ3n) is 3.10. The lowest BCUT2D eigenvalue weighted by Gasteiger charge is -2.26. The van der Waals surface area contributed by atoms with Crippen molar-refractivity contribution in [3.8, 4) is 0 Å². The summed E-state index contributed by atoms with van der Waals surface area (Å²) in [6, 6.07) is 0. The zero-order valence-corrected chi connectivity index (χ0v) is 13.4. The van der Waals surface area contributed by atoms with Crippen LogP contribution in [-0.4, -0.2) is 65.8 Å². The number of nitrogens with zero attached hydrogens (tertiary/aromatic N) is 2. The molecule has 0 aliphatic carbocycles. The second kappa shape index (κ2) is 8.69. The molecule has 17 heavy (non-hydrogen) atoms. The van der Waals surface area contributed by atoms with E-state index in [0.717, 1.165) is 42.9 Å². The molecule has 100 valence electrons. The molecule has 2 aliphatic heterocycles.